The van der Waals surface area contributed by atoms with Gasteiger partial charge in [-0.05, 0) is 63.5 Å². The predicted octanol–water partition coefficient (Wildman–Crippen LogP) is 2.96. The van der Waals surface area contributed by atoms with Crippen molar-refractivity contribution in [1.82, 2.24) is 15.1 Å². The van der Waals surface area contributed by atoms with E-state index in [2.05, 4.69) is 29.0 Å². The summed E-state index contributed by atoms with van der Waals surface area (Å²) in [6.45, 7) is 10.3. The Hall–Kier alpha value is -0.0700. The Morgan fingerprint density at radius 3 is 2.04 bits per heavy atom. The summed E-state index contributed by atoms with van der Waals surface area (Å²) < 4.78 is 5.73. The van der Waals surface area contributed by atoms with E-state index in [1.807, 2.05) is 0 Å². The van der Waals surface area contributed by atoms with Gasteiger partial charge in [0.25, 0.3) is 5.91 Å². The molecule has 0 atom stereocenters. The zero-order chi connectivity index (χ0) is 17.9. The van der Waals surface area contributed by atoms with Crippen LogP contribution in [0.5, 0.6) is 0 Å². The average molecular weight is 424 g/mol. The first kappa shape index (κ1) is 25.0. The molecule has 0 aromatic heterocycles. The van der Waals surface area contributed by atoms with Crippen molar-refractivity contribution in [2.24, 2.45) is 11.8 Å². The van der Waals surface area contributed by atoms with Crippen LogP contribution in [0, 0.1) is 11.8 Å². The Labute approximate surface area is 177 Å². The van der Waals surface area contributed by atoms with Gasteiger partial charge in [0.15, 0.2) is 0 Å². The van der Waals surface area contributed by atoms with E-state index < -0.39 is 5.60 Å². The summed E-state index contributed by atoms with van der Waals surface area (Å²) in [7, 11) is 1.70. The highest BCUT2D eigenvalue weighted by Crippen LogP contribution is 2.33. The van der Waals surface area contributed by atoms with Crippen LogP contribution >= 0.6 is 24.8 Å². The minimum Gasteiger partial charge on any atom is -0.368 e. The topological polar surface area (TPSA) is 44.8 Å². The molecule has 2 saturated heterocycles. The largest absolute Gasteiger partial charge is 0.368 e. The molecule has 160 valence electrons. The second-order valence-corrected chi connectivity index (χ2v) is 8.59. The summed E-state index contributed by atoms with van der Waals surface area (Å²) in [5.41, 5.74) is -0.581. The molecule has 1 saturated carbocycles. The van der Waals surface area contributed by atoms with E-state index in [0.717, 1.165) is 70.0 Å². The van der Waals surface area contributed by atoms with Gasteiger partial charge in [-0.25, -0.2) is 0 Å². The highest BCUT2D eigenvalue weighted by molar-refractivity contribution is 5.86. The van der Waals surface area contributed by atoms with Crippen molar-refractivity contribution in [1.29, 1.82) is 0 Å². The normalized spacial score (nSPS) is 29.0. The fourth-order valence-corrected chi connectivity index (χ4v) is 5.05. The lowest BCUT2D eigenvalue weighted by molar-refractivity contribution is -0.160. The monoisotopic (exact) mass is 423 g/mol. The van der Waals surface area contributed by atoms with Crippen LogP contribution < -0.4 is 5.32 Å². The van der Waals surface area contributed by atoms with Crippen molar-refractivity contribution in [3.05, 3.63) is 0 Å². The number of carbonyl (C=O) groups excluding carboxylic acids is 1. The first-order chi connectivity index (χ1) is 12.1. The molecule has 7 heteroatoms. The van der Waals surface area contributed by atoms with Crippen molar-refractivity contribution >= 4 is 30.7 Å². The summed E-state index contributed by atoms with van der Waals surface area (Å²) in [5.74, 6) is 1.96. The molecule has 0 aromatic carbocycles. The van der Waals surface area contributed by atoms with E-state index in [1.54, 1.807) is 7.11 Å². The first-order valence-electron chi connectivity index (χ1n) is 10.3. The number of carbonyl (C=O) groups is 1. The van der Waals surface area contributed by atoms with Gasteiger partial charge in [0.05, 0.1) is 0 Å². The fourth-order valence-electron chi connectivity index (χ4n) is 5.05. The maximum Gasteiger partial charge on any atom is 0.254 e. The third-order valence-electron chi connectivity index (χ3n) is 6.99. The standard InChI is InChI=1S/C20H37N3O2.2ClH/c1-16(2)17-4-6-18(7-5-17)22-12-14-23(15-13-22)19(24)20(25-3)8-10-21-11-9-20;;/h16-18,21H,4-15H2,1-3H3;2*1H. The molecule has 0 spiro atoms. The van der Waals surface area contributed by atoms with E-state index in [0.29, 0.717) is 0 Å². The van der Waals surface area contributed by atoms with Crippen molar-refractivity contribution in [2.45, 2.75) is 64.0 Å². The summed E-state index contributed by atoms with van der Waals surface area (Å²) in [6, 6.07) is 0.738. The van der Waals surface area contributed by atoms with Gasteiger partial charge in [-0.15, -0.1) is 24.8 Å². The molecule has 1 amide bonds. The van der Waals surface area contributed by atoms with Crippen molar-refractivity contribution in [3.8, 4) is 0 Å². The number of hydrogen-bond donors (Lipinski definition) is 1. The number of rotatable bonds is 4. The zero-order valence-electron chi connectivity index (χ0n) is 17.2. The number of ether oxygens (including phenoxy) is 1. The Bertz CT molecular complexity index is 443. The molecule has 0 aromatic rings. The van der Waals surface area contributed by atoms with Gasteiger partial charge in [0.2, 0.25) is 0 Å². The van der Waals surface area contributed by atoms with Crippen LogP contribution in [0.1, 0.15) is 52.4 Å². The summed E-state index contributed by atoms with van der Waals surface area (Å²) in [4.78, 5) is 17.8. The maximum absolute atomic E-state index is 13.1. The van der Waals surface area contributed by atoms with Gasteiger partial charge in [0, 0.05) is 39.3 Å². The van der Waals surface area contributed by atoms with Gasteiger partial charge in [-0.3, -0.25) is 9.69 Å². The maximum atomic E-state index is 13.1. The molecule has 5 nitrogen and oxygen atoms in total. The van der Waals surface area contributed by atoms with Crippen molar-refractivity contribution in [3.63, 3.8) is 0 Å². The van der Waals surface area contributed by atoms with E-state index in [9.17, 15) is 4.79 Å². The Kier molecular flexibility index (Phi) is 10.4. The molecule has 27 heavy (non-hydrogen) atoms. The molecular formula is C20H39Cl2N3O2. The molecular weight excluding hydrogens is 385 g/mol. The van der Waals surface area contributed by atoms with Gasteiger partial charge in [-0.2, -0.15) is 0 Å². The van der Waals surface area contributed by atoms with E-state index in [-0.39, 0.29) is 30.7 Å². The Balaban J connectivity index is 0.00000182. The SMILES string of the molecule is COC1(C(=O)N2CCN(C3CCC(C(C)C)CC3)CC2)CCNCC1.Cl.Cl. The van der Waals surface area contributed by atoms with Crippen LogP contribution in [0.25, 0.3) is 0 Å². The first-order valence-corrected chi connectivity index (χ1v) is 10.3. The summed E-state index contributed by atoms with van der Waals surface area (Å²) >= 11 is 0. The molecule has 0 bridgehead atoms. The van der Waals surface area contributed by atoms with Crippen LogP contribution in [-0.2, 0) is 9.53 Å². The number of nitrogens with one attached hydrogen (secondary N) is 1. The van der Waals surface area contributed by atoms with Gasteiger partial charge >= 0.3 is 0 Å². The second-order valence-electron chi connectivity index (χ2n) is 8.59. The molecule has 0 radical (unpaired) electrons. The molecule has 3 fully saturated rings. The highest BCUT2D eigenvalue weighted by Gasteiger charge is 2.43. The second kappa shape index (κ2) is 11.2. The zero-order valence-corrected chi connectivity index (χ0v) is 18.9. The van der Waals surface area contributed by atoms with Crippen LogP contribution in [-0.4, -0.2) is 73.7 Å². The van der Waals surface area contributed by atoms with Crippen LogP contribution in [0.2, 0.25) is 0 Å². The molecule has 2 heterocycles. The summed E-state index contributed by atoms with van der Waals surface area (Å²) in [5, 5.41) is 3.33. The lowest BCUT2D eigenvalue weighted by Gasteiger charge is -2.45. The molecule has 1 aliphatic carbocycles. The highest BCUT2D eigenvalue weighted by atomic mass is 35.5. The molecule has 2 aliphatic heterocycles. The van der Waals surface area contributed by atoms with Gasteiger partial charge in [0.1, 0.15) is 5.60 Å². The predicted molar refractivity (Wildman–Crippen MR) is 115 cm³/mol. The number of amides is 1. The Morgan fingerprint density at radius 2 is 1.56 bits per heavy atom. The van der Waals surface area contributed by atoms with Gasteiger partial charge < -0.3 is 15.0 Å². The van der Waals surface area contributed by atoms with Gasteiger partial charge in [-0.1, -0.05) is 13.8 Å². The number of piperidine rings is 1. The van der Waals surface area contributed by atoms with E-state index in [4.69, 9.17) is 4.74 Å². The minimum absolute atomic E-state index is 0. The number of hydrogen-bond acceptors (Lipinski definition) is 4. The molecule has 3 rings (SSSR count). The smallest absolute Gasteiger partial charge is 0.254 e. The summed E-state index contributed by atoms with van der Waals surface area (Å²) in [6.07, 6.45) is 7.01. The molecule has 1 N–H and O–H groups in total. The lowest BCUT2D eigenvalue weighted by atomic mass is 9.79. The Morgan fingerprint density at radius 1 is 1.00 bits per heavy atom. The van der Waals surface area contributed by atoms with E-state index >= 15 is 0 Å². The number of piperazine rings is 1. The quantitative estimate of drug-likeness (QED) is 0.754. The van der Waals surface area contributed by atoms with E-state index in [1.165, 1.54) is 25.7 Å². The van der Waals surface area contributed by atoms with Crippen molar-refractivity contribution < 1.29 is 9.53 Å². The van der Waals surface area contributed by atoms with Crippen LogP contribution in [0.4, 0.5) is 0 Å². The third kappa shape index (κ3) is 5.72. The number of halogens is 2. The lowest BCUT2D eigenvalue weighted by Crippen LogP contribution is -2.60. The van der Waals surface area contributed by atoms with Crippen LogP contribution in [0.15, 0.2) is 0 Å². The number of nitrogens with zero attached hydrogens (tertiary/aromatic N) is 2. The van der Waals surface area contributed by atoms with Crippen LogP contribution in [0.3, 0.4) is 0 Å². The fraction of sp³-hybridized carbons (Fsp3) is 0.950. The minimum atomic E-state index is -0.581. The average Bonchev–Trinajstić information content (AvgIpc) is 2.68. The van der Waals surface area contributed by atoms with Crippen molar-refractivity contribution in [2.75, 3.05) is 46.4 Å². The number of methoxy groups -OCH3 is 1. The molecule has 3 aliphatic rings. The molecule has 0 unspecified atom stereocenters. The third-order valence-corrected chi connectivity index (χ3v) is 6.99.